The van der Waals surface area contributed by atoms with Gasteiger partial charge in [0.1, 0.15) is 10.8 Å². The number of phenolic OH excluding ortho intramolecular Hbond substituents is 1. The summed E-state index contributed by atoms with van der Waals surface area (Å²) in [6.45, 7) is 8.10. The average Bonchev–Trinajstić information content (AvgIpc) is 3.18. The van der Waals surface area contributed by atoms with Crippen molar-refractivity contribution in [2.45, 2.75) is 32.1 Å². The van der Waals surface area contributed by atoms with Crippen LogP contribution in [0, 0.1) is 0 Å². The summed E-state index contributed by atoms with van der Waals surface area (Å²) >= 11 is 1.54. The Labute approximate surface area is 168 Å². The number of allylic oxidation sites excluding steroid dienone is 1. The number of aromatic hydroxyl groups is 1. The number of carbonyl (C=O) groups is 1. The number of carboxylic acids is 1. The number of phenols is 1. The fourth-order valence-corrected chi connectivity index (χ4v) is 4.15. The number of hydrogen-bond donors (Lipinski definition) is 2. The first kappa shape index (κ1) is 19.8. The zero-order chi connectivity index (χ0) is 20.3. The van der Waals surface area contributed by atoms with Crippen molar-refractivity contribution in [1.82, 2.24) is 4.98 Å². The summed E-state index contributed by atoms with van der Waals surface area (Å²) < 4.78 is 0. The highest BCUT2D eigenvalue weighted by atomic mass is 32.1. The van der Waals surface area contributed by atoms with Gasteiger partial charge in [-0.2, -0.15) is 0 Å². The summed E-state index contributed by atoms with van der Waals surface area (Å²) in [6.07, 6.45) is 5.38. The summed E-state index contributed by atoms with van der Waals surface area (Å²) in [7, 11) is 0. The predicted octanol–water partition coefficient (Wildman–Crippen LogP) is 6.12. The van der Waals surface area contributed by atoms with Gasteiger partial charge in [-0.1, -0.05) is 32.1 Å². The SMILES string of the molecule is C=CCC(C)(CC)c1cc(-c2cnc(-c3ccc(C(=O)O)cc3)s2)ccc1O. The van der Waals surface area contributed by atoms with Crippen LogP contribution in [0.4, 0.5) is 0 Å². The van der Waals surface area contributed by atoms with Crippen LogP contribution in [0.5, 0.6) is 5.75 Å². The molecule has 0 aliphatic rings. The van der Waals surface area contributed by atoms with E-state index in [-0.39, 0.29) is 11.0 Å². The summed E-state index contributed by atoms with van der Waals surface area (Å²) in [5.74, 6) is -0.648. The Morgan fingerprint density at radius 3 is 2.50 bits per heavy atom. The van der Waals surface area contributed by atoms with Gasteiger partial charge in [0, 0.05) is 17.3 Å². The molecule has 5 heteroatoms. The van der Waals surface area contributed by atoms with Crippen LogP contribution in [0.3, 0.4) is 0 Å². The molecule has 0 bridgehead atoms. The fourth-order valence-electron chi connectivity index (χ4n) is 3.23. The molecule has 0 saturated heterocycles. The van der Waals surface area contributed by atoms with Gasteiger partial charge in [-0.05, 0) is 54.2 Å². The Balaban J connectivity index is 1.96. The Kier molecular flexibility index (Phi) is 5.66. The second kappa shape index (κ2) is 7.98. The molecule has 2 N–H and O–H groups in total. The predicted molar refractivity (Wildman–Crippen MR) is 114 cm³/mol. The summed E-state index contributed by atoms with van der Waals surface area (Å²) in [6, 6.07) is 12.4. The van der Waals surface area contributed by atoms with Crippen LogP contribution in [0.2, 0.25) is 0 Å². The van der Waals surface area contributed by atoms with Crippen molar-refractivity contribution in [3.63, 3.8) is 0 Å². The molecule has 0 fully saturated rings. The van der Waals surface area contributed by atoms with Crippen molar-refractivity contribution in [3.8, 4) is 26.8 Å². The van der Waals surface area contributed by atoms with E-state index in [1.807, 2.05) is 24.4 Å². The molecule has 1 heterocycles. The van der Waals surface area contributed by atoms with Gasteiger partial charge in [0.2, 0.25) is 0 Å². The van der Waals surface area contributed by atoms with E-state index in [9.17, 15) is 9.90 Å². The standard InChI is InChI=1S/C23H23NO3S/c1-4-12-23(3,5-2)18-13-17(10-11-19(18)25)20-14-24-21(28-20)15-6-8-16(9-7-15)22(26)27/h4,6-11,13-14,25H,1,5,12H2,2-3H3,(H,26,27). The van der Waals surface area contributed by atoms with Gasteiger partial charge >= 0.3 is 5.97 Å². The molecule has 0 amide bonds. The maximum Gasteiger partial charge on any atom is 0.335 e. The van der Waals surface area contributed by atoms with E-state index in [2.05, 4.69) is 25.4 Å². The Bertz CT molecular complexity index is 1010. The molecule has 2 aromatic carbocycles. The first-order valence-corrected chi connectivity index (χ1v) is 9.94. The normalized spacial score (nSPS) is 13.1. The number of nitrogens with zero attached hydrogens (tertiary/aromatic N) is 1. The molecular weight excluding hydrogens is 370 g/mol. The van der Waals surface area contributed by atoms with Gasteiger partial charge in [-0.15, -0.1) is 17.9 Å². The number of aromatic carboxylic acids is 1. The van der Waals surface area contributed by atoms with E-state index in [0.717, 1.165) is 39.4 Å². The fraction of sp³-hybridized carbons (Fsp3) is 0.217. The Hall–Kier alpha value is -2.92. The third-order valence-corrected chi connectivity index (χ3v) is 6.29. The molecule has 3 rings (SSSR count). The molecule has 0 aliphatic heterocycles. The highest BCUT2D eigenvalue weighted by Crippen LogP contribution is 2.41. The number of aromatic nitrogens is 1. The minimum absolute atomic E-state index is 0.179. The van der Waals surface area contributed by atoms with Crippen LogP contribution in [0.1, 0.15) is 42.6 Å². The first-order valence-electron chi connectivity index (χ1n) is 9.12. The van der Waals surface area contributed by atoms with Gasteiger partial charge in [0.15, 0.2) is 0 Å². The Morgan fingerprint density at radius 2 is 1.89 bits per heavy atom. The molecular formula is C23H23NO3S. The molecule has 1 aromatic heterocycles. The number of benzene rings is 2. The first-order chi connectivity index (χ1) is 13.4. The third-order valence-electron chi connectivity index (χ3n) is 5.19. The molecule has 0 aliphatic carbocycles. The zero-order valence-electron chi connectivity index (χ0n) is 16.0. The largest absolute Gasteiger partial charge is 0.508 e. The van der Waals surface area contributed by atoms with Crippen molar-refractivity contribution in [3.05, 3.63) is 72.4 Å². The number of carboxylic acid groups (broad SMARTS) is 1. The van der Waals surface area contributed by atoms with E-state index in [0.29, 0.717) is 5.75 Å². The quantitative estimate of drug-likeness (QED) is 0.474. The lowest BCUT2D eigenvalue weighted by Crippen LogP contribution is -2.20. The number of thiazole rings is 1. The second-order valence-electron chi connectivity index (χ2n) is 7.05. The molecule has 28 heavy (non-hydrogen) atoms. The molecule has 0 radical (unpaired) electrons. The zero-order valence-corrected chi connectivity index (χ0v) is 16.8. The van der Waals surface area contributed by atoms with E-state index >= 15 is 0 Å². The van der Waals surface area contributed by atoms with Gasteiger partial charge in [0.05, 0.1) is 10.4 Å². The van der Waals surface area contributed by atoms with E-state index in [1.54, 1.807) is 30.3 Å². The molecule has 1 unspecified atom stereocenters. The van der Waals surface area contributed by atoms with Crippen LogP contribution in [-0.2, 0) is 5.41 Å². The smallest absolute Gasteiger partial charge is 0.335 e. The molecule has 144 valence electrons. The van der Waals surface area contributed by atoms with Crippen LogP contribution >= 0.6 is 11.3 Å². The molecule has 0 spiro atoms. The molecule has 4 nitrogen and oxygen atoms in total. The van der Waals surface area contributed by atoms with Gasteiger partial charge < -0.3 is 10.2 Å². The van der Waals surface area contributed by atoms with Gasteiger partial charge in [-0.3, -0.25) is 0 Å². The van der Waals surface area contributed by atoms with Crippen molar-refractivity contribution < 1.29 is 15.0 Å². The van der Waals surface area contributed by atoms with E-state index < -0.39 is 5.97 Å². The lowest BCUT2D eigenvalue weighted by molar-refractivity contribution is 0.0697. The minimum atomic E-state index is -0.943. The third kappa shape index (κ3) is 3.85. The highest BCUT2D eigenvalue weighted by Gasteiger charge is 2.26. The topological polar surface area (TPSA) is 70.4 Å². The van der Waals surface area contributed by atoms with Crippen molar-refractivity contribution in [2.75, 3.05) is 0 Å². The highest BCUT2D eigenvalue weighted by molar-refractivity contribution is 7.18. The van der Waals surface area contributed by atoms with Gasteiger partial charge in [-0.25, -0.2) is 9.78 Å². The maximum absolute atomic E-state index is 11.0. The van der Waals surface area contributed by atoms with E-state index in [4.69, 9.17) is 5.11 Å². The van der Waals surface area contributed by atoms with Gasteiger partial charge in [0.25, 0.3) is 0 Å². The molecule has 3 aromatic rings. The van der Waals surface area contributed by atoms with E-state index in [1.165, 1.54) is 11.3 Å². The monoisotopic (exact) mass is 393 g/mol. The lowest BCUT2D eigenvalue weighted by atomic mass is 9.76. The van der Waals surface area contributed by atoms with Crippen molar-refractivity contribution in [1.29, 1.82) is 0 Å². The average molecular weight is 394 g/mol. The van der Waals surface area contributed by atoms with Crippen LogP contribution in [0.25, 0.3) is 21.0 Å². The van der Waals surface area contributed by atoms with Crippen LogP contribution in [-0.4, -0.2) is 21.2 Å². The number of hydrogen-bond acceptors (Lipinski definition) is 4. The second-order valence-corrected chi connectivity index (χ2v) is 8.08. The summed E-state index contributed by atoms with van der Waals surface area (Å²) in [5.41, 5.74) is 2.87. The summed E-state index contributed by atoms with van der Waals surface area (Å²) in [4.78, 5) is 16.5. The lowest BCUT2D eigenvalue weighted by Gasteiger charge is -2.28. The molecule has 1 atom stereocenters. The van der Waals surface area contributed by atoms with Crippen LogP contribution in [0.15, 0.2) is 61.3 Å². The molecule has 0 saturated carbocycles. The van der Waals surface area contributed by atoms with Crippen molar-refractivity contribution in [2.24, 2.45) is 0 Å². The maximum atomic E-state index is 11.0. The minimum Gasteiger partial charge on any atom is -0.508 e. The van der Waals surface area contributed by atoms with Crippen molar-refractivity contribution >= 4 is 17.3 Å². The van der Waals surface area contributed by atoms with Crippen LogP contribution < -0.4 is 0 Å². The summed E-state index contributed by atoms with van der Waals surface area (Å²) in [5, 5.41) is 20.3. The Morgan fingerprint density at radius 1 is 1.21 bits per heavy atom. The number of rotatable bonds is 7.